The third-order valence-corrected chi connectivity index (χ3v) is 11.1. The van der Waals surface area contributed by atoms with E-state index in [4.69, 9.17) is 0 Å². The molecule has 0 saturated heterocycles. The van der Waals surface area contributed by atoms with Gasteiger partial charge in [0, 0.05) is 25.5 Å². The first-order valence-corrected chi connectivity index (χ1v) is 22.5. The van der Waals surface area contributed by atoms with Gasteiger partial charge in [-0.1, -0.05) is 233 Å². The number of nitrogens with zero attached hydrogens (tertiary/aromatic N) is 2. The van der Waals surface area contributed by atoms with E-state index in [0.29, 0.717) is 6.17 Å². The highest BCUT2D eigenvalue weighted by molar-refractivity contribution is 4.97. The summed E-state index contributed by atoms with van der Waals surface area (Å²) in [6, 6.07) is 0. The van der Waals surface area contributed by atoms with Crippen molar-refractivity contribution >= 4 is 0 Å². The second-order valence-electron chi connectivity index (χ2n) is 15.7. The first kappa shape index (κ1) is 44.4. The number of hydrogen-bond donors (Lipinski definition) is 0. The molecule has 0 fully saturated rings. The highest BCUT2D eigenvalue weighted by Gasteiger charge is 2.24. The Morgan fingerprint density at radius 1 is 0.277 bits per heavy atom. The fraction of sp³-hybridized carbons (Fsp3) is 0.956. The molecule has 1 unspecified atom stereocenters. The quantitative estimate of drug-likeness (QED) is 0.0606. The number of unbranched alkanes of at least 4 members (excludes halogenated alkanes) is 33. The van der Waals surface area contributed by atoms with Crippen LogP contribution in [0.15, 0.2) is 12.4 Å². The zero-order valence-corrected chi connectivity index (χ0v) is 33.2. The monoisotopic (exact) mass is 659 g/mol. The summed E-state index contributed by atoms with van der Waals surface area (Å²) in [6.07, 6.45) is 58.9. The maximum atomic E-state index is 2.73. The summed E-state index contributed by atoms with van der Waals surface area (Å²) < 4.78 is 0. The molecule has 0 aromatic rings. The molecule has 47 heavy (non-hydrogen) atoms. The normalized spacial score (nSPS) is 14.7. The first-order valence-electron chi connectivity index (χ1n) is 22.5. The Labute approximate surface area is 299 Å². The molecule has 2 heteroatoms. The van der Waals surface area contributed by atoms with Gasteiger partial charge < -0.3 is 9.80 Å². The van der Waals surface area contributed by atoms with Crippen molar-refractivity contribution in [2.45, 2.75) is 265 Å². The van der Waals surface area contributed by atoms with E-state index in [1.165, 1.54) is 251 Å². The summed E-state index contributed by atoms with van der Waals surface area (Å²) in [6.45, 7) is 9.49. The van der Waals surface area contributed by atoms with E-state index in [0.717, 1.165) is 0 Å². The smallest absolute Gasteiger partial charge is 0.101 e. The van der Waals surface area contributed by atoms with Crippen LogP contribution in [0, 0.1) is 0 Å². The zero-order valence-electron chi connectivity index (χ0n) is 33.2. The third kappa shape index (κ3) is 28.8. The van der Waals surface area contributed by atoms with Crippen LogP contribution in [-0.2, 0) is 0 Å². The summed E-state index contributed by atoms with van der Waals surface area (Å²) in [4.78, 5) is 5.46. The van der Waals surface area contributed by atoms with Crippen molar-refractivity contribution in [2.75, 3.05) is 13.1 Å². The molecule has 0 N–H and O–H groups in total. The fourth-order valence-corrected chi connectivity index (χ4v) is 7.78. The summed E-state index contributed by atoms with van der Waals surface area (Å²) in [5.41, 5.74) is 0. The molecule has 1 rings (SSSR count). The molecule has 1 aliphatic heterocycles. The molecule has 2 nitrogen and oxygen atoms in total. The second-order valence-corrected chi connectivity index (χ2v) is 15.7. The van der Waals surface area contributed by atoms with Crippen molar-refractivity contribution in [1.29, 1.82) is 0 Å². The van der Waals surface area contributed by atoms with Crippen LogP contribution >= 0.6 is 0 Å². The van der Waals surface area contributed by atoms with Gasteiger partial charge in [-0.2, -0.15) is 0 Å². The van der Waals surface area contributed by atoms with Gasteiger partial charge in [-0.05, 0) is 25.7 Å². The van der Waals surface area contributed by atoms with Gasteiger partial charge in [0.05, 0.1) is 0 Å². The number of hydrogen-bond acceptors (Lipinski definition) is 2. The van der Waals surface area contributed by atoms with Gasteiger partial charge >= 0.3 is 0 Å². The van der Waals surface area contributed by atoms with Crippen molar-refractivity contribution in [2.24, 2.45) is 0 Å². The van der Waals surface area contributed by atoms with Crippen LogP contribution in [0.1, 0.15) is 258 Å². The maximum Gasteiger partial charge on any atom is 0.101 e. The lowest BCUT2D eigenvalue weighted by molar-refractivity contribution is 0.135. The summed E-state index contributed by atoms with van der Waals surface area (Å²) in [5, 5.41) is 0. The van der Waals surface area contributed by atoms with Crippen LogP contribution in [0.2, 0.25) is 0 Å². The van der Waals surface area contributed by atoms with Crippen LogP contribution in [0.25, 0.3) is 0 Å². The van der Waals surface area contributed by atoms with E-state index in [-0.39, 0.29) is 0 Å². The van der Waals surface area contributed by atoms with E-state index in [1.54, 1.807) is 0 Å². The van der Waals surface area contributed by atoms with Crippen molar-refractivity contribution in [3.05, 3.63) is 12.4 Å². The van der Waals surface area contributed by atoms with Crippen molar-refractivity contribution in [3.8, 4) is 0 Å². The van der Waals surface area contributed by atoms with Gasteiger partial charge in [-0.15, -0.1) is 0 Å². The molecule has 0 radical (unpaired) electrons. The Balaban J connectivity index is 2.18. The fourth-order valence-electron chi connectivity index (χ4n) is 7.78. The standard InChI is InChI=1S/C45H90N2/c1-4-7-10-13-16-19-21-22-23-24-25-27-30-33-36-39-42-47-44-43-46(41-38-35-32-29-18-15-12-9-6-3)45(47)40-37-34-31-28-26-20-17-14-11-8-5-2/h43-45H,4-42H2,1-3H3. The summed E-state index contributed by atoms with van der Waals surface area (Å²) in [7, 11) is 0. The third-order valence-electron chi connectivity index (χ3n) is 11.1. The molecular weight excluding hydrogens is 569 g/mol. The van der Waals surface area contributed by atoms with Crippen LogP contribution < -0.4 is 0 Å². The van der Waals surface area contributed by atoms with E-state index in [2.05, 4.69) is 43.0 Å². The van der Waals surface area contributed by atoms with Gasteiger partial charge in [-0.3, -0.25) is 0 Å². The molecule has 0 amide bonds. The van der Waals surface area contributed by atoms with Crippen LogP contribution in [0.4, 0.5) is 0 Å². The lowest BCUT2D eigenvalue weighted by atomic mass is 10.0. The van der Waals surface area contributed by atoms with Crippen LogP contribution in [-0.4, -0.2) is 29.1 Å². The first-order chi connectivity index (χ1) is 23.3. The van der Waals surface area contributed by atoms with E-state index >= 15 is 0 Å². The van der Waals surface area contributed by atoms with E-state index in [9.17, 15) is 0 Å². The molecule has 0 saturated carbocycles. The molecule has 1 aliphatic rings. The number of rotatable bonds is 39. The minimum absolute atomic E-state index is 0.638. The lowest BCUT2D eigenvalue weighted by Crippen LogP contribution is -2.39. The Hall–Kier alpha value is -0.660. The second kappa shape index (κ2) is 36.6. The van der Waals surface area contributed by atoms with Crippen LogP contribution in [0.5, 0.6) is 0 Å². The minimum atomic E-state index is 0.638. The van der Waals surface area contributed by atoms with Gasteiger partial charge in [0.1, 0.15) is 6.17 Å². The van der Waals surface area contributed by atoms with Gasteiger partial charge in [0.25, 0.3) is 0 Å². The van der Waals surface area contributed by atoms with E-state index < -0.39 is 0 Å². The SMILES string of the molecule is CCCCCCCCCCCCCCCCCCN1C=CN(CCCCCCCCCCC)C1CCCCCCCCCCCCC. The lowest BCUT2D eigenvalue weighted by Gasteiger charge is -2.33. The van der Waals surface area contributed by atoms with Gasteiger partial charge in [-0.25, -0.2) is 0 Å². The maximum absolute atomic E-state index is 2.73. The molecule has 0 spiro atoms. The minimum Gasteiger partial charge on any atom is -0.356 e. The van der Waals surface area contributed by atoms with Crippen molar-refractivity contribution in [3.63, 3.8) is 0 Å². The molecule has 0 aromatic carbocycles. The molecule has 0 aromatic heterocycles. The Morgan fingerprint density at radius 3 is 0.745 bits per heavy atom. The zero-order chi connectivity index (χ0) is 33.7. The van der Waals surface area contributed by atoms with Crippen molar-refractivity contribution < 1.29 is 0 Å². The topological polar surface area (TPSA) is 6.48 Å². The predicted molar refractivity (Wildman–Crippen MR) is 214 cm³/mol. The van der Waals surface area contributed by atoms with Crippen LogP contribution in [0.3, 0.4) is 0 Å². The average Bonchev–Trinajstić information content (AvgIpc) is 3.47. The molecule has 280 valence electrons. The Bertz CT molecular complexity index is 615. The average molecular weight is 659 g/mol. The van der Waals surface area contributed by atoms with Gasteiger partial charge in [0.2, 0.25) is 0 Å². The Kier molecular flexibility index (Phi) is 34.6. The highest BCUT2D eigenvalue weighted by atomic mass is 15.4. The summed E-state index contributed by atoms with van der Waals surface area (Å²) in [5.74, 6) is 0. The molecule has 1 atom stereocenters. The molecule has 1 heterocycles. The largest absolute Gasteiger partial charge is 0.356 e. The molecule has 0 aliphatic carbocycles. The Morgan fingerprint density at radius 2 is 0.489 bits per heavy atom. The highest BCUT2D eigenvalue weighted by Crippen LogP contribution is 2.24. The van der Waals surface area contributed by atoms with Crippen molar-refractivity contribution in [1.82, 2.24) is 9.80 Å². The van der Waals surface area contributed by atoms with Gasteiger partial charge in [0.15, 0.2) is 0 Å². The molecular formula is C45H90N2. The predicted octanol–water partition coefficient (Wildman–Crippen LogP) is 15.9. The molecule has 0 bridgehead atoms. The summed E-state index contributed by atoms with van der Waals surface area (Å²) >= 11 is 0. The van der Waals surface area contributed by atoms with E-state index in [1.807, 2.05) is 0 Å².